The fourth-order valence-corrected chi connectivity index (χ4v) is 1.21. The minimum atomic E-state index is -1.21. The van der Waals surface area contributed by atoms with Crippen LogP contribution in [0, 0.1) is 0 Å². The van der Waals surface area contributed by atoms with Crippen LogP contribution < -0.4 is 0 Å². The first-order valence-corrected chi connectivity index (χ1v) is 6.38. The van der Waals surface area contributed by atoms with Gasteiger partial charge in [0, 0.05) is 0 Å². The van der Waals surface area contributed by atoms with Gasteiger partial charge in [0.05, 0.1) is 6.61 Å². The predicted molar refractivity (Wildman–Crippen MR) is 45.7 cm³/mol. The van der Waals surface area contributed by atoms with E-state index in [1.807, 2.05) is 13.1 Å². The van der Waals surface area contributed by atoms with E-state index >= 15 is 0 Å². The van der Waals surface area contributed by atoms with Crippen molar-refractivity contribution < 1.29 is 14.0 Å². The maximum Gasteiger partial charge on any atom is 0.371 e. The van der Waals surface area contributed by atoms with Gasteiger partial charge in [-0.05, 0) is 20.0 Å². The lowest BCUT2D eigenvalue weighted by Gasteiger charge is -2.09. The van der Waals surface area contributed by atoms with Gasteiger partial charge in [-0.1, -0.05) is 6.58 Å². The molecule has 0 aliphatic rings. The number of hydrogen-bond donors (Lipinski definition) is 0. The molecule has 0 aromatic heterocycles. The lowest BCUT2D eigenvalue weighted by molar-refractivity contribution is -0.141. The first-order chi connectivity index (χ1) is 5.07. The predicted octanol–water partition coefficient (Wildman–Crippen LogP) is 1.06. The maximum atomic E-state index is 10.9. The summed E-state index contributed by atoms with van der Waals surface area (Å²) in [5.74, 6) is -0.317. The van der Waals surface area contributed by atoms with Crippen molar-refractivity contribution >= 4 is 15.0 Å². The number of esters is 1. The highest BCUT2D eigenvalue weighted by Gasteiger charge is 2.09. The molecule has 0 saturated heterocycles. The molecule has 0 rings (SSSR count). The van der Waals surface area contributed by atoms with E-state index in [1.54, 1.807) is 6.92 Å². The average Bonchev–Trinajstić information content (AvgIpc) is 1.86. The molecule has 0 aliphatic heterocycles. The molecule has 0 atom stereocenters. The minimum absolute atomic E-state index is 0.133. The summed E-state index contributed by atoms with van der Waals surface area (Å²) in [5.41, 5.74) is 0. The van der Waals surface area contributed by atoms with Gasteiger partial charge in [-0.2, -0.15) is 0 Å². The summed E-state index contributed by atoms with van der Waals surface area (Å²) in [7, 11) is -1.21. The van der Waals surface area contributed by atoms with Crippen LogP contribution in [-0.4, -0.2) is 21.6 Å². The first kappa shape index (κ1) is 10.2. The van der Waals surface area contributed by atoms with Crippen LogP contribution in [-0.2, 0) is 14.0 Å². The van der Waals surface area contributed by atoms with Crippen LogP contribution in [0.2, 0.25) is 13.1 Å². The van der Waals surface area contributed by atoms with Gasteiger partial charge in [0.15, 0.2) is 5.76 Å². The Labute approximate surface area is 68.7 Å². The number of hydrogen-bond acceptors (Lipinski definition) is 3. The van der Waals surface area contributed by atoms with Crippen LogP contribution in [0.3, 0.4) is 0 Å². The van der Waals surface area contributed by atoms with E-state index in [1.165, 1.54) is 0 Å². The summed E-state index contributed by atoms with van der Waals surface area (Å²) in [5, 5.41) is 0. The van der Waals surface area contributed by atoms with Crippen molar-refractivity contribution in [3.63, 3.8) is 0 Å². The highest BCUT2D eigenvalue weighted by atomic mass is 28.3. The molecule has 0 saturated carbocycles. The van der Waals surface area contributed by atoms with Crippen molar-refractivity contribution in [2.24, 2.45) is 0 Å². The molecule has 0 amide bonds. The van der Waals surface area contributed by atoms with Gasteiger partial charge in [-0.15, -0.1) is 0 Å². The third-order valence-electron chi connectivity index (χ3n) is 0.881. The Hall–Kier alpha value is -0.773. The number of rotatable bonds is 4. The second-order valence-corrected chi connectivity index (χ2v) is 4.64. The lowest BCUT2D eigenvalue weighted by Crippen LogP contribution is -2.15. The van der Waals surface area contributed by atoms with E-state index in [2.05, 4.69) is 11.3 Å². The summed E-state index contributed by atoms with van der Waals surface area (Å²) < 4.78 is 9.80. The normalized spacial score (nSPS) is 9.45. The Morgan fingerprint density at radius 1 is 1.55 bits per heavy atom. The standard InChI is InChI=1S/C7H14O3Si/c1-5-9-7(8)6(2)10-11(3)4/h11H,2,5H2,1,3-4H3. The van der Waals surface area contributed by atoms with E-state index in [9.17, 15) is 4.79 Å². The zero-order valence-electron chi connectivity index (χ0n) is 7.22. The Morgan fingerprint density at radius 3 is 2.45 bits per heavy atom. The molecule has 64 valence electrons. The molecule has 0 fully saturated rings. The van der Waals surface area contributed by atoms with Crippen LogP contribution in [0.1, 0.15) is 6.92 Å². The third-order valence-corrected chi connectivity index (χ3v) is 1.64. The Bertz CT molecular complexity index is 154. The molecule has 4 heteroatoms. The van der Waals surface area contributed by atoms with Gasteiger partial charge < -0.3 is 9.16 Å². The van der Waals surface area contributed by atoms with Crippen LogP contribution in [0.4, 0.5) is 0 Å². The quantitative estimate of drug-likeness (QED) is 0.277. The molecule has 0 heterocycles. The van der Waals surface area contributed by atoms with Crippen molar-refractivity contribution in [2.45, 2.75) is 20.0 Å². The molecule has 0 aliphatic carbocycles. The van der Waals surface area contributed by atoms with Gasteiger partial charge >= 0.3 is 5.97 Å². The molecule has 0 bridgehead atoms. The van der Waals surface area contributed by atoms with Gasteiger partial charge in [0.25, 0.3) is 0 Å². The van der Waals surface area contributed by atoms with E-state index < -0.39 is 15.0 Å². The summed E-state index contributed by atoms with van der Waals surface area (Å²) in [6, 6.07) is 0. The Balaban J connectivity index is 3.74. The van der Waals surface area contributed by atoms with Gasteiger partial charge in [0.2, 0.25) is 9.04 Å². The minimum Gasteiger partial charge on any atom is -0.543 e. The maximum absolute atomic E-state index is 10.9. The van der Waals surface area contributed by atoms with E-state index in [0.29, 0.717) is 6.61 Å². The van der Waals surface area contributed by atoms with Crippen molar-refractivity contribution in [1.29, 1.82) is 0 Å². The van der Waals surface area contributed by atoms with Crippen molar-refractivity contribution in [2.75, 3.05) is 6.61 Å². The molecule has 0 unspecified atom stereocenters. The molecule has 11 heavy (non-hydrogen) atoms. The molecule has 0 aromatic rings. The Morgan fingerprint density at radius 2 is 2.09 bits per heavy atom. The fraction of sp³-hybridized carbons (Fsp3) is 0.571. The van der Waals surface area contributed by atoms with E-state index in [4.69, 9.17) is 4.43 Å². The smallest absolute Gasteiger partial charge is 0.371 e. The van der Waals surface area contributed by atoms with E-state index in [-0.39, 0.29) is 5.76 Å². The van der Waals surface area contributed by atoms with Gasteiger partial charge in [-0.25, -0.2) is 4.79 Å². The molecule has 0 radical (unpaired) electrons. The summed E-state index contributed by atoms with van der Waals surface area (Å²) in [6.45, 7) is 9.49. The summed E-state index contributed by atoms with van der Waals surface area (Å²) >= 11 is 0. The Kier molecular flexibility index (Phi) is 4.61. The topological polar surface area (TPSA) is 35.5 Å². The van der Waals surface area contributed by atoms with Gasteiger partial charge in [-0.3, -0.25) is 0 Å². The van der Waals surface area contributed by atoms with Crippen LogP contribution in [0.25, 0.3) is 0 Å². The highest BCUT2D eigenvalue weighted by molar-refractivity contribution is 6.49. The van der Waals surface area contributed by atoms with Crippen molar-refractivity contribution in [1.82, 2.24) is 0 Å². The van der Waals surface area contributed by atoms with E-state index in [0.717, 1.165) is 0 Å². The highest BCUT2D eigenvalue weighted by Crippen LogP contribution is 1.99. The van der Waals surface area contributed by atoms with Crippen LogP contribution >= 0.6 is 0 Å². The molecular weight excluding hydrogens is 160 g/mol. The van der Waals surface area contributed by atoms with Crippen LogP contribution in [0.15, 0.2) is 12.3 Å². The van der Waals surface area contributed by atoms with Gasteiger partial charge in [0.1, 0.15) is 0 Å². The second-order valence-electron chi connectivity index (χ2n) is 2.31. The number of carbonyl (C=O) groups is 1. The summed E-state index contributed by atoms with van der Waals surface area (Å²) in [4.78, 5) is 10.9. The van der Waals surface area contributed by atoms with Crippen molar-refractivity contribution in [3.05, 3.63) is 12.3 Å². The summed E-state index contributed by atoms with van der Waals surface area (Å²) in [6.07, 6.45) is 0. The van der Waals surface area contributed by atoms with Crippen LogP contribution in [0.5, 0.6) is 0 Å². The van der Waals surface area contributed by atoms with Crippen molar-refractivity contribution in [3.8, 4) is 0 Å². The zero-order chi connectivity index (χ0) is 8.85. The second kappa shape index (κ2) is 4.95. The molecule has 0 N–H and O–H groups in total. The molecule has 0 spiro atoms. The fourth-order valence-electron chi connectivity index (χ4n) is 0.544. The monoisotopic (exact) mass is 174 g/mol. The SMILES string of the molecule is C=C(O[SiH](C)C)C(=O)OCC. The molecule has 3 nitrogen and oxygen atoms in total. The number of ether oxygens (including phenoxy) is 1. The largest absolute Gasteiger partial charge is 0.543 e. The third kappa shape index (κ3) is 4.61. The average molecular weight is 174 g/mol. The number of carbonyl (C=O) groups excluding carboxylic acids is 1. The zero-order valence-corrected chi connectivity index (χ0v) is 8.37. The molecular formula is C7H14O3Si. The molecule has 0 aromatic carbocycles. The lowest BCUT2D eigenvalue weighted by atomic mass is 10.6. The first-order valence-electron chi connectivity index (χ1n) is 3.60.